The third-order valence-corrected chi connectivity index (χ3v) is 3.91. The van der Waals surface area contributed by atoms with Crippen LogP contribution in [0.5, 0.6) is 0 Å². The first-order valence-corrected chi connectivity index (χ1v) is 7.02. The molecule has 0 aromatic carbocycles. The summed E-state index contributed by atoms with van der Waals surface area (Å²) in [5.74, 6) is 0.0153. The van der Waals surface area contributed by atoms with Crippen molar-refractivity contribution < 1.29 is 9.18 Å². The highest BCUT2D eigenvalue weighted by Crippen LogP contribution is 2.16. The molecule has 104 valence electrons. The number of nitrogens with zero attached hydrogens (tertiary/aromatic N) is 5. The molecule has 20 heavy (non-hydrogen) atoms. The van der Waals surface area contributed by atoms with Gasteiger partial charge in [0.1, 0.15) is 17.0 Å². The van der Waals surface area contributed by atoms with E-state index in [4.69, 9.17) is 0 Å². The summed E-state index contributed by atoms with van der Waals surface area (Å²) in [5.41, 5.74) is 1.65. The minimum absolute atomic E-state index is 0.000943. The molecule has 1 aliphatic heterocycles. The molecule has 0 N–H and O–H groups in total. The molecule has 2 aromatic heterocycles. The van der Waals surface area contributed by atoms with Crippen LogP contribution < -0.4 is 4.90 Å². The first-order valence-electron chi connectivity index (χ1n) is 6.14. The molecule has 1 saturated heterocycles. The van der Waals surface area contributed by atoms with E-state index in [0.29, 0.717) is 36.9 Å². The zero-order chi connectivity index (χ0) is 13.9. The van der Waals surface area contributed by atoms with Crippen molar-refractivity contribution >= 4 is 23.1 Å². The molecule has 1 fully saturated rings. The van der Waals surface area contributed by atoms with Gasteiger partial charge in [-0.2, -0.15) is 4.39 Å². The Hall–Kier alpha value is -2.09. The molecule has 6 nitrogen and oxygen atoms in total. The maximum absolute atomic E-state index is 13.1. The maximum atomic E-state index is 13.1. The summed E-state index contributed by atoms with van der Waals surface area (Å²) >= 11 is 1.34. The lowest BCUT2D eigenvalue weighted by atomic mass is 10.3. The summed E-state index contributed by atoms with van der Waals surface area (Å²) in [6.07, 6.45) is 2.79. The van der Waals surface area contributed by atoms with E-state index in [9.17, 15) is 9.18 Å². The molecule has 0 bridgehead atoms. The molecule has 3 rings (SSSR count). The second kappa shape index (κ2) is 5.49. The second-order valence-corrected chi connectivity index (χ2v) is 5.23. The van der Waals surface area contributed by atoms with Crippen molar-refractivity contribution in [2.45, 2.75) is 0 Å². The van der Waals surface area contributed by atoms with Gasteiger partial charge < -0.3 is 9.80 Å². The number of rotatable bonds is 2. The number of hydrogen-bond donors (Lipinski definition) is 0. The summed E-state index contributed by atoms with van der Waals surface area (Å²) in [6, 6.07) is 1.31. The van der Waals surface area contributed by atoms with Crippen molar-refractivity contribution in [3.63, 3.8) is 0 Å². The van der Waals surface area contributed by atoms with Gasteiger partial charge in [-0.15, -0.1) is 11.3 Å². The molecule has 0 aliphatic carbocycles. The maximum Gasteiger partial charge on any atom is 0.265 e. The fourth-order valence-electron chi connectivity index (χ4n) is 2.11. The number of thiazole rings is 1. The molecule has 1 aliphatic rings. The number of anilines is 1. The lowest BCUT2D eigenvalue weighted by Crippen LogP contribution is -2.48. The standard InChI is InChI=1S/C12H12FN5OS/c13-10-5-11(16-7-15-10)17-1-3-18(4-2-17)12(19)9-6-14-8-20-9/h5-8H,1-4H2. The quantitative estimate of drug-likeness (QED) is 0.774. The molecule has 0 radical (unpaired) electrons. The number of aromatic nitrogens is 3. The summed E-state index contributed by atoms with van der Waals surface area (Å²) in [5, 5.41) is 0. The number of amides is 1. The molecular formula is C12H12FN5OS. The highest BCUT2D eigenvalue weighted by molar-refractivity contribution is 7.11. The van der Waals surface area contributed by atoms with E-state index in [2.05, 4.69) is 15.0 Å². The van der Waals surface area contributed by atoms with E-state index in [0.717, 1.165) is 0 Å². The van der Waals surface area contributed by atoms with Crippen LogP contribution in [0.25, 0.3) is 0 Å². The van der Waals surface area contributed by atoms with Crippen LogP contribution in [-0.4, -0.2) is 51.9 Å². The van der Waals surface area contributed by atoms with Crippen molar-refractivity contribution in [2.75, 3.05) is 31.1 Å². The van der Waals surface area contributed by atoms with Gasteiger partial charge in [-0.05, 0) is 0 Å². The Labute approximate surface area is 118 Å². The number of piperazine rings is 1. The summed E-state index contributed by atoms with van der Waals surface area (Å²) in [6.45, 7) is 2.42. The predicted octanol–water partition coefficient (Wildman–Crippen LogP) is 1.03. The van der Waals surface area contributed by atoms with E-state index in [1.54, 1.807) is 16.6 Å². The Kier molecular flexibility index (Phi) is 3.55. The molecular weight excluding hydrogens is 281 g/mol. The van der Waals surface area contributed by atoms with Crippen molar-refractivity contribution in [3.05, 3.63) is 34.9 Å². The van der Waals surface area contributed by atoms with Gasteiger partial charge in [-0.3, -0.25) is 9.78 Å². The Morgan fingerprint density at radius 2 is 2.05 bits per heavy atom. The van der Waals surface area contributed by atoms with E-state index in [-0.39, 0.29) is 5.91 Å². The molecule has 8 heteroatoms. The van der Waals surface area contributed by atoms with Crippen LogP contribution in [0.15, 0.2) is 24.1 Å². The SMILES string of the molecule is O=C(c1cncs1)N1CCN(c2cc(F)ncn2)CC1. The summed E-state index contributed by atoms with van der Waals surface area (Å²) in [4.78, 5) is 27.9. The second-order valence-electron chi connectivity index (χ2n) is 4.34. The van der Waals surface area contributed by atoms with Gasteiger partial charge in [0.05, 0.1) is 11.7 Å². The van der Waals surface area contributed by atoms with Gasteiger partial charge in [0.25, 0.3) is 5.91 Å². The molecule has 0 atom stereocenters. The Balaban J connectivity index is 1.64. The van der Waals surface area contributed by atoms with Gasteiger partial charge in [0, 0.05) is 32.2 Å². The molecule has 2 aromatic rings. The van der Waals surface area contributed by atoms with Crippen molar-refractivity contribution in [1.29, 1.82) is 0 Å². The monoisotopic (exact) mass is 293 g/mol. The summed E-state index contributed by atoms with van der Waals surface area (Å²) < 4.78 is 13.1. The highest BCUT2D eigenvalue weighted by Gasteiger charge is 2.23. The fraction of sp³-hybridized carbons (Fsp3) is 0.333. The highest BCUT2D eigenvalue weighted by atomic mass is 32.1. The largest absolute Gasteiger partial charge is 0.353 e. The van der Waals surface area contributed by atoms with Crippen LogP contribution in [0.4, 0.5) is 10.2 Å². The van der Waals surface area contributed by atoms with E-state index < -0.39 is 5.95 Å². The Bertz CT molecular complexity index is 598. The fourth-order valence-corrected chi connectivity index (χ4v) is 2.70. The third kappa shape index (κ3) is 2.60. The lowest BCUT2D eigenvalue weighted by molar-refractivity contribution is 0.0751. The molecule has 0 unspecified atom stereocenters. The van der Waals surface area contributed by atoms with Gasteiger partial charge >= 0.3 is 0 Å². The molecule has 0 saturated carbocycles. The van der Waals surface area contributed by atoms with E-state index >= 15 is 0 Å². The smallest absolute Gasteiger partial charge is 0.265 e. The van der Waals surface area contributed by atoms with Gasteiger partial charge in [0.15, 0.2) is 0 Å². The van der Waals surface area contributed by atoms with Crippen molar-refractivity contribution in [3.8, 4) is 0 Å². The van der Waals surface area contributed by atoms with Crippen LogP contribution >= 0.6 is 11.3 Å². The molecule has 0 spiro atoms. The number of halogens is 1. The van der Waals surface area contributed by atoms with Crippen LogP contribution in [0.2, 0.25) is 0 Å². The minimum Gasteiger partial charge on any atom is -0.353 e. The van der Waals surface area contributed by atoms with Crippen LogP contribution in [-0.2, 0) is 0 Å². The predicted molar refractivity (Wildman–Crippen MR) is 72.2 cm³/mol. The van der Waals surface area contributed by atoms with E-state index in [1.807, 2.05) is 4.90 Å². The number of carbonyl (C=O) groups excluding carboxylic acids is 1. The first-order chi connectivity index (χ1) is 9.74. The average molecular weight is 293 g/mol. The summed E-state index contributed by atoms with van der Waals surface area (Å²) in [7, 11) is 0. The Morgan fingerprint density at radius 3 is 2.70 bits per heavy atom. The van der Waals surface area contributed by atoms with Gasteiger partial charge in [-0.25, -0.2) is 9.97 Å². The average Bonchev–Trinajstić information content (AvgIpc) is 3.01. The van der Waals surface area contributed by atoms with Crippen LogP contribution in [0.1, 0.15) is 9.67 Å². The third-order valence-electron chi connectivity index (χ3n) is 3.15. The van der Waals surface area contributed by atoms with Crippen LogP contribution in [0, 0.1) is 5.95 Å². The van der Waals surface area contributed by atoms with E-state index in [1.165, 1.54) is 23.7 Å². The van der Waals surface area contributed by atoms with Gasteiger partial charge in [-0.1, -0.05) is 0 Å². The van der Waals surface area contributed by atoms with Crippen molar-refractivity contribution in [1.82, 2.24) is 19.9 Å². The number of hydrogen-bond acceptors (Lipinski definition) is 6. The minimum atomic E-state index is -0.543. The Morgan fingerprint density at radius 1 is 1.25 bits per heavy atom. The molecule has 3 heterocycles. The molecule has 1 amide bonds. The normalized spacial score (nSPS) is 15.4. The van der Waals surface area contributed by atoms with Crippen molar-refractivity contribution in [2.24, 2.45) is 0 Å². The zero-order valence-electron chi connectivity index (χ0n) is 10.6. The lowest BCUT2D eigenvalue weighted by Gasteiger charge is -2.35. The van der Waals surface area contributed by atoms with Crippen LogP contribution in [0.3, 0.4) is 0 Å². The topological polar surface area (TPSA) is 62.2 Å². The first kappa shape index (κ1) is 12.9. The zero-order valence-corrected chi connectivity index (χ0v) is 11.4. The van der Waals surface area contributed by atoms with Gasteiger partial charge in [0.2, 0.25) is 5.95 Å². The number of carbonyl (C=O) groups is 1.